The third-order valence-electron chi connectivity index (χ3n) is 3.19. The van der Waals surface area contributed by atoms with Crippen LogP contribution in [0.5, 0.6) is 0 Å². The largest absolute Gasteiger partial charge is 0.388 e. The van der Waals surface area contributed by atoms with Crippen molar-refractivity contribution in [3.8, 4) is 0 Å². The first kappa shape index (κ1) is 14.8. The maximum atomic E-state index is 11.0. The molecule has 0 spiro atoms. The van der Waals surface area contributed by atoms with Crippen molar-refractivity contribution < 1.29 is 4.92 Å². The highest BCUT2D eigenvalue weighted by atomic mass is 16.6. The zero-order valence-electron chi connectivity index (χ0n) is 12.3. The minimum Gasteiger partial charge on any atom is -0.388 e. The quantitative estimate of drug-likeness (QED) is 0.676. The van der Waals surface area contributed by atoms with Crippen LogP contribution in [0.1, 0.15) is 11.4 Å². The molecular formula is C15H18N4O2. The summed E-state index contributed by atoms with van der Waals surface area (Å²) in [5.74, 6) is 0. The molecule has 0 saturated heterocycles. The highest BCUT2D eigenvalue weighted by molar-refractivity contribution is 5.64. The van der Waals surface area contributed by atoms with Crippen LogP contribution in [0.15, 0.2) is 36.4 Å². The zero-order valence-corrected chi connectivity index (χ0v) is 12.3. The first-order chi connectivity index (χ1) is 9.99. The van der Waals surface area contributed by atoms with Gasteiger partial charge in [0, 0.05) is 43.3 Å². The smallest absolute Gasteiger partial charge is 0.273 e. The molecule has 0 aliphatic carbocycles. The first-order valence-corrected chi connectivity index (χ1v) is 6.60. The number of nitro groups is 1. The van der Waals surface area contributed by atoms with E-state index in [0.717, 1.165) is 17.1 Å². The topological polar surface area (TPSA) is 71.3 Å². The lowest BCUT2D eigenvalue weighted by Gasteiger charge is -2.19. The Bertz CT molecular complexity index is 658. The van der Waals surface area contributed by atoms with E-state index in [0.29, 0.717) is 12.2 Å². The molecule has 2 rings (SSSR count). The van der Waals surface area contributed by atoms with Crippen molar-refractivity contribution >= 4 is 17.1 Å². The van der Waals surface area contributed by atoms with Gasteiger partial charge in [0.05, 0.1) is 17.2 Å². The van der Waals surface area contributed by atoms with E-state index in [1.54, 1.807) is 13.1 Å². The van der Waals surface area contributed by atoms with Crippen LogP contribution in [0.4, 0.5) is 17.1 Å². The Kier molecular flexibility index (Phi) is 4.37. The van der Waals surface area contributed by atoms with Crippen LogP contribution in [-0.2, 0) is 6.54 Å². The van der Waals surface area contributed by atoms with Gasteiger partial charge in [-0.3, -0.25) is 15.1 Å². The van der Waals surface area contributed by atoms with Crippen LogP contribution in [0.2, 0.25) is 0 Å². The van der Waals surface area contributed by atoms with Gasteiger partial charge in [0.15, 0.2) is 0 Å². The highest BCUT2D eigenvalue weighted by Crippen LogP contribution is 2.26. The van der Waals surface area contributed by atoms with E-state index >= 15 is 0 Å². The van der Waals surface area contributed by atoms with Crippen molar-refractivity contribution in [3.05, 3.63) is 57.9 Å². The van der Waals surface area contributed by atoms with Gasteiger partial charge in [0.25, 0.3) is 5.69 Å². The van der Waals surface area contributed by atoms with Crippen LogP contribution in [-0.4, -0.2) is 24.0 Å². The third-order valence-corrected chi connectivity index (χ3v) is 3.19. The molecule has 0 aliphatic heterocycles. The summed E-state index contributed by atoms with van der Waals surface area (Å²) < 4.78 is 0. The van der Waals surface area contributed by atoms with Gasteiger partial charge >= 0.3 is 0 Å². The summed E-state index contributed by atoms with van der Waals surface area (Å²) in [6.07, 6.45) is 0. The van der Waals surface area contributed by atoms with Gasteiger partial charge in [-0.2, -0.15) is 0 Å². The second-order valence-electron chi connectivity index (χ2n) is 4.87. The SMILES string of the molecule is CNc1cc(N(C)Cc2cccc(C)n2)cc([N+](=O)[O-])c1. The van der Waals surface area contributed by atoms with Crippen LogP contribution in [0.25, 0.3) is 0 Å². The lowest BCUT2D eigenvalue weighted by Crippen LogP contribution is -2.17. The van der Waals surface area contributed by atoms with Crippen molar-refractivity contribution in [1.29, 1.82) is 0 Å². The summed E-state index contributed by atoms with van der Waals surface area (Å²) in [6.45, 7) is 2.53. The summed E-state index contributed by atoms with van der Waals surface area (Å²) in [5, 5.41) is 13.9. The summed E-state index contributed by atoms with van der Waals surface area (Å²) in [5.41, 5.74) is 3.44. The number of hydrogen-bond acceptors (Lipinski definition) is 5. The molecule has 110 valence electrons. The number of non-ortho nitro benzene ring substituents is 1. The van der Waals surface area contributed by atoms with Gasteiger partial charge in [-0.25, -0.2) is 0 Å². The van der Waals surface area contributed by atoms with E-state index in [4.69, 9.17) is 0 Å². The fourth-order valence-corrected chi connectivity index (χ4v) is 2.09. The van der Waals surface area contributed by atoms with Crippen molar-refractivity contribution in [1.82, 2.24) is 4.98 Å². The summed E-state index contributed by atoms with van der Waals surface area (Å²) in [7, 11) is 3.63. The number of benzene rings is 1. The van der Waals surface area contributed by atoms with Gasteiger partial charge in [0.1, 0.15) is 0 Å². The molecule has 0 atom stereocenters. The number of aryl methyl sites for hydroxylation is 1. The second-order valence-corrected chi connectivity index (χ2v) is 4.87. The molecule has 0 radical (unpaired) electrons. The fourth-order valence-electron chi connectivity index (χ4n) is 2.09. The summed E-state index contributed by atoms with van der Waals surface area (Å²) in [6, 6.07) is 10.8. The Hall–Kier alpha value is -2.63. The molecule has 0 saturated carbocycles. The van der Waals surface area contributed by atoms with Crippen molar-refractivity contribution in [2.24, 2.45) is 0 Å². The molecule has 0 amide bonds. The predicted molar refractivity (Wildman–Crippen MR) is 83.7 cm³/mol. The second kappa shape index (κ2) is 6.21. The van der Waals surface area contributed by atoms with E-state index < -0.39 is 0 Å². The van der Waals surface area contributed by atoms with Crippen LogP contribution >= 0.6 is 0 Å². The average molecular weight is 286 g/mol. The summed E-state index contributed by atoms with van der Waals surface area (Å²) >= 11 is 0. The number of nitrogens with zero attached hydrogens (tertiary/aromatic N) is 3. The zero-order chi connectivity index (χ0) is 15.4. The molecule has 6 heteroatoms. The van der Waals surface area contributed by atoms with E-state index in [2.05, 4.69) is 10.3 Å². The third kappa shape index (κ3) is 3.68. The standard InChI is InChI=1S/C15H18N4O2/c1-11-5-4-6-12(17-11)10-18(3)14-7-13(16-2)8-15(9-14)19(20)21/h4-9,16H,10H2,1-3H3. The Labute approximate surface area is 123 Å². The fraction of sp³-hybridized carbons (Fsp3) is 0.267. The van der Waals surface area contributed by atoms with Gasteiger partial charge in [-0.15, -0.1) is 0 Å². The van der Waals surface area contributed by atoms with Gasteiger partial charge in [0.2, 0.25) is 0 Å². The molecule has 0 fully saturated rings. The lowest BCUT2D eigenvalue weighted by atomic mass is 10.2. The molecule has 1 aromatic heterocycles. The van der Waals surface area contributed by atoms with Crippen molar-refractivity contribution in [2.75, 3.05) is 24.3 Å². The van der Waals surface area contributed by atoms with Gasteiger partial charge < -0.3 is 10.2 Å². The molecule has 0 unspecified atom stereocenters. The number of nitrogens with one attached hydrogen (secondary N) is 1. The molecule has 21 heavy (non-hydrogen) atoms. The number of hydrogen-bond donors (Lipinski definition) is 1. The summed E-state index contributed by atoms with van der Waals surface area (Å²) in [4.78, 5) is 17.0. The maximum absolute atomic E-state index is 11.0. The monoisotopic (exact) mass is 286 g/mol. The van der Waals surface area contributed by atoms with Gasteiger partial charge in [-0.1, -0.05) is 6.07 Å². The molecular weight excluding hydrogens is 268 g/mol. The molecule has 0 aliphatic rings. The number of pyridine rings is 1. The van der Waals surface area contributed by atoms with E-state index in [1.165, 1.54) is 6.07 Å². The molecule has 1 heterocycles. The van der Waals surface area contributed by atoms with Crippen molar-refractivity contribution in [3.63, 3.8) is 0 Å². The molecule has 0 bridgehead atoms. The number of anilines is 2. The van der Waals surface area contributed by atoms with Crippen LogP contribution < -0.4 is 10.2 Å². The number of nitro benzene ring substituents is 1. The molecule has 2 aromatic rings. The van der Waals surface area contributed by atoms with Gasteiger partial charge in [-0.05, 0) is 25.1 Å². The molecule has 6 nitrogen and oxygen atoms in total. The first-order valence-electron chi connectivity index (χ1n) is 6.60. The molecule has 1 aromatic carbocycles. The maximum Gasteiger partial charge on any atom is 0.273 e. The number of aromatic nitrogens is 1. The highest BCUT2D eigenvalue weighted by Gasteiger charge is 2.12. The van der Waals surface area contributed by atoms with E-state index in [-0.39, 0.29) is 10.6 Å². The van der Waals surface area contributed by atoms with Crippen LogP contribution in [0, 0.1) is 17.0 Å². The van der Waals surface area contributed by atoms with Crippen molar-refractivity contribution in [2.45, 2.75) is 13.5 Å². The van der Waals surface area contributed by atoms with E-state index in [9.17, 15) is 10.1 Å². The predicted octanol–water partition coefficient (Wildman–Crippen LogP) is 2.98. The Morgan fingerprint density at radius 3 is 2.71 bits per heavy atom. The van der Waals surface area contributed by atoms with E-state index in [1.807, 2.05) is 43.1 Å². The Morgan fingerprint density at radius 1 is 1.33 bits per heavy atom. The van der Waals surface area contributed by atoms with Crippen LogP contribution in [0.3, 0.4) is 0 Å². The Morgan fingerprint density at radius 2 is 2.10 bits per heavy atom. The number of rotatable bonds is 5. The normalized spacial score (nSPS) is 10.2. The minimum absolute atomic E-state index is 0.0703. The molecule has 1 N–H and O–H groups in total. The average Bonchev–Trinajstić information content (AvgIpc) is 2.46. The Balaban J connectivity index is 2.27. The lowest BCUT2D eigenvalue weighted by molar-refractivity contribution is -0.384. The minimum atomic E-state index is -0.386.